The second kappa shape index (κ2) is 7.48. The molecule has 0 aliphatic carbocycles. The molecule has 1 heterocycles. The average Bonchev–Trinajstić information content (AvgIpc) is 2.94. The van der Waals surface area contributed by atoms with Crippen LogP contribution < -0.4 is 0 Å². The highest BCUT2D eigenvalue weighted by atomic mass is 16.7. The van der Waals surface area contributed by atoms with Crippen LogP contribution in [0, 0.1) is 0 Å². The highest BCUT2D eigenvalue weighted by Crippen LogP contribution is 2.47. The van der Waals surface area contributed by atoms with E-state index in [1.54, 1.807) is 0 Å². The van der Waals surface area contributed by atoms with E-state index in [4.69, 9.17) is 9.31 Å². The van der Waals surface area contributed by atoms with Gasteiger partial charge in [-0.05, 0) is 44.4 Å². The van der Waals surface area contributed by atoms with E-state index in [0.29, 0.717) is 6.32 Å². The van der Waals surface area contributed by atoms with Crippen molar-refractivity contribution in [2.45, 2.75) is 50.6 Å². The lowest BCUT2D eigenvalue weighted by atomic mass is 9.58. The fourth-order valence-corrected chi connectivity index (χ4v) is 4.32. The zero-order chi connectivity index (χ0) is 20.5. The Morgan fingerprint density at radius 1 is 0.586 bits per heavy atom. The molecule has 1 aliphatic rings. The molecule has 2 nitrogen and oxygen atoms in total. The maximum absolute atomic E-state index is 6.46. The van der Waals surface area contributed by atoms with Gasteiger partial charge in [0.2, 0.25) is 0 Å². The van der Waals surface area contributed by atoms with Crippen LogP contribution in [0.3, 0.4) is 0 Å². The Labute approximate surface area is 175 Å². The molecule has 3 heteroatoms. The molecular formula is C26H29BO2. The molecular weight excluding hydrogens is 355 g/mol. The SMILES string of the molecule is CC1(C)OB(CC(c2ccccc2)(c2ccccc2)c2ccccc2)OC1(C)C. The van der Waals surface area contributed by atoms with E-state index in [9.17, 15) is 0 Å². The summed E-state index contributed by atoms with van der Waals surface area (Å²) in [5.74, 6) is 0. The van der Waals surface area contributed by atoms with Crippen LogP contribution in [0.25, 0.3) is 0 Å². The minimum Gasteiger partial charge on any atom is -0.403 e. The molecule has 3 aromatic carbocycles. The lowest BCUT2D eigenvalue weighted by molar-refractivity contribution is 0.00578. The van der Waals surface area contributed by atoms with Crippen molar-refractivity contribution in [3.8, 4) is 0 Å². The van der Waals surface area contributed by atoms with Crippen LogP contribution in [0.15, 0.2) is 91.0 Å². The topological polar surface area (TPSA) is 18.5 Å². The van der Waals surface area contributed by atoms with Crippen molar-refractivity contribution >= 4 is 7.12 Å². The summed E-state index contributed by atoms with van der Waals surface area (Å²) in [7, 11) is -0.305. The maximum atomic E-state index is 6.46. The summed E-state index contributed by atoms with van der Waals surface area (Å²) in [6.45, 7) is 8.45. The first kappa shape index (κ1) is 19.9. The number of benzene rings is 3. The van der Waals surface area contributed by atoms with E-state index in [-0.39, 0.29) is 23.7 Å². The average molecular weight is 384 g/mol. The molecule has 148 valence electrons. The Morgan fingerprint density at radius 2 is 0.897 bits per heavy atom. The predicted octanol–water partition coefficient (Wildman–Crippen LogP) is 6.11. The Bertz CT molecular complexity index is 824. The first-order chi connectivity index (χ1) is 13.9. The van der Waals surface area contributed by atoms with Crippen molar-refractivity contribution in [1.82, 2.24) is 0 Å². The van der Waals surface area contributed by atoms with Gasteiger partial charge in [0.1, 0.15) is 0 Å². The van der Waals surface area contributed by atoms with Gasteiger partial charge in [-0.25, -0.2) is 0 Å². The fraction of sp³-hybridized carbons (Fsp3) is 0.308. The van der Waals surface area contributed by atoms with Crippen LogP contribution in [0.2, 0.25) is 6.32 Å². The third-order valence-electron chi connectivity index (χ3n) is 6.57. The van der Waals surface area contributed by atoms with Gasteiger partial charge in [-0.15, -0.1) is 0 Å². The smallest absolute Gasteiger partial charge is 0.403 e. The molecule has 1 fully saturated rings. The van der Waals surface area contributed by atoms with Gasteiger partial charge in [0, 0.05) is 11.7 Å². The predicted molar refractivity (Wildman–Crippen MR) is 120 cm³/mol. The number of hydrogen-bond donors (Lipinski definition) is 0. The summed E-state index contributed by atoms with van der Waals surface area (Å²) in [5.41, 5.74) is 2.65. The van der Waals surface area contributed by atoms with Crippen molar-refractivity contribution in [1.29, 1.82) is 0 Å². The standard InChI is InChI=1S/C26H29BO2/c1-24(2)25(3,4)29-27(28-24)20-26(21-14-8-5-9-15-21,22-16-10-6-11-17-22)23-18-12-7-13-19-23/h5-19H,20H2,1-4H3. The zero-order valence-corrected chi connectivity index (χ0v) is 17.8. The van der Waals surface area contributed by atoms with Crippen molar-refractivity contribution in [3.63, 3.8) is 0 Å². The summed E-state index contributed by atoms with van der Waals surface area (Å²) >= 11 is 0. The lowest BCUT2D eigenvalue weighted by Crippen LogP contribution is -2.41. The summed E-state index contributed by atoms with van der Waals surface area (Å²) in [4.78, 5) is 0. The molecule has 0 atom stereocenters. The molecule has 0 amide bonds. The van der Waals surface area contributed by atoms with Gasteiger partial charge in [-0.1, -0.05) is 91.0 Å². The van der Waals surface area contributed by atoms with Gasteiger partial charge in [0.05, 0.1) is 11.2 Å². The van der Waals surface area contributed by atoms with E-state index in [1.807, 2.05) is 0 Å². The highest BCUT2D eigenvalue weighted by molar-refractivity contribution is 6.46. The second-order valence-corrected chi connectivity index (χ2v) is 8.89. The summed E-state index contributed by atoms with van der Waals surface area (Å²) < 4.78 is 12.9. The largest absolute Gasteiger partial charge is 0.459 e. The minimum absolute atomic E-state index is 0.305. The Kier molecular flexibility index (Phi) is 5.14. The Morgan fingerprint density at radius 3 is 1.21 bits per heavy atom. The Hall–Kier alpha value is -2.36. The first-order valence-electron chi connectivity index (χ1n) is 10.4. The van der Waals surface area contributed by atoms with Gasteiger partial charge in [-0.3, -0.25) is 0 Å². The minimum atomic E-state index is -0.370. The summed E-state index contributed by atoms with van der Waals surface area (Å²) in [6.07, 6.45) is 0.706. The molecule has 0 spiro atoms. The van der Waals surface area contributed by atoms with Gasteiger partial charge in [0.15, 0.2) is 0 Å². The second-order valence-electron chi connectivity index (χ2n) is 8.89. The molecule has 0 radical (unpaired) electrons. The Balaban J connectivity index is 1.89. The molecule has 0 aromatic heterocycles. The van der Waals surface area contributed by atoms with Gasteiger partial charge in [-0.2, -0.15) is 0 Å². The van der Waals surface area contributed by atoms with Crippen LogP contribution in [-0.2, 0) is 14.7 Å². The third kappa shape index (κ3) is 3.54. The first-order valence-corrected chi connectivity index (χ1v) is 10.4. The third-order valence-corrected chi connectivity index (χ3v) is 6.57. The zero-order valence-electron chi connectivity index (χ0n) is 17.8. The quantitative estimate of drug-likeness (QED) is 0.390. The monoisotopic (exact) mass is 384 g/mol. The van der Waals surface area contributed by atoms with Crippen LogP contribution in [0.5, 0.6) is 0 Å². The van der Waals surface area contributed by atoms with Crippen LogP contribution >= 0.6 is 0 Å². The number of rotatable bonds is 5. The highest BCUT2D eigenvalue weighted by Gasteiger charge is 2.54. The molecule has 0 unspecified atom stereocenters. The molecule has 4 rings (SSSR count). The van der Waals surface area contributed by atoms with Crippen molar-refractivity contribution < 1.29 is 9.31 Å². The molecule has 0 saturated carbocycles. The van der Waals surface area contributed by atoms with E-state index in [2.05, 4.69) is 119 Å². The van der Waals surface area contributed by atoms with Crippen LogP contribution in [-0.4, -0.2) is 18.3 Å². The normalized spacial score (nSPS) is 18.0. The van der Waals surface area contributed by atoms with Crippen molar-refractivity contribution in [2.75, 3.05) is 0 Å². The number of hydrogen-bond acceptors (Lipinski definition) is 2. The summed E-state index contributed by atoms with van der Waals surface area (Å²) in [6, 6.07) is 32.2. The molecule has 0 N–H and O–H groups in total. The van der Waals surface area contributed by atoms with Crippen LogP contribution in [0.1, 0.15) is 44.4 Å². The molecule has 1 aliphatic heterocycles. The molecule has 3 aromatic rings. The van der Waals surface area contributed by atoms with E-state index in [1.165, 1.54) is 16.7 Å². The molecule has 0 bridgehead atoms. The van der Waals surface area contributed by atoms with Crippen molar-refractivity contribution in [2.24, 2.45) is 0 Å². The van der Waals surface area contributed by atoms with E-state index >= 15 is 0 Å². The van der Waals surface area contributed by atoms with Gasteiger partial charge >= 0.3 is 7.12 Å². The maximum Gasteiger partial charge on any atom is 0.459 e. The van der Waals surface area contributed by atoms with Gasteiger partial charge in [0.25, 0.3) is 0 Å². The van der Waals surface area contributed by atoms with Crippen molar-refractivity contribution in [3.05, 3.63) is 108 Å². The van der Waals surface area contributed by atoms with Gasteiger partial charge < -0.3 is 9.31 Å². The molecule has 29 heavy (non-hydrogen) atoms. The summed E-state index contributed by atoms with van der Waals surface area (Å²) in [5, 5.41) is 0. The van der Waals surface area contributed by atoms with E-state index in [0.717, 1.165) is 0 Å². The van der Waals surface area contributed by atoms with E-state index < -0.39 is 0 Å². The van der Waals surface area contributed by atoms with Crippen LogP contribution in [0.4, 0.5) is 0 Å². The lowest BCUT2D eigenvalue weighted by Gasteiger charge is -2.36. The fourth-order valence-electron chi connectivity index (χ4n) is 4.32. The molecule has 1 saturated heterocycles.